The third-order valence-corrected chi connectivity index (χ3v) is 3.32. The molecule has 2 amide bonds. The maximum atomic E-state index is 11.9. The van der Waals surface area contributed by atoms with Gasteiger partial charge in [-0.05, 0) is 50.1 Å². The number of hydrogen-bond donors (Lipinski definition) is 2. The summed E-state index contributed by atoms with van der Waals surface area (Å²) in [5.41, 5.74) is 4.18. The Kier molecular flexibility index (Phi) is 5.42. The molecular weight excluding hydrogens is 276 g/mol. The van der Waals surface area contributed by atoms with Crippen LogP contribution in [0.1, 0.15) is 16.7 Å². The van der Waals surface area contributed by atoms with Crippen molar-refractivity contribution in [2.24, 2.45) is 0 Å². The molecule has 0 aliphatic rings. The lowest BCUT2D eigenvalue weighted by Gasteiger charge is -2.11. The van der Waals surface area contributed by atoms with Crippen molar-refractivity contribution < 1.29 is 9.53 Å². The molecule has 0 radical (unpaired) electrons. The molecule has 2 aromatic carbocycles. The van der Waals surface area contributed by atoms with Crippen molar-refractivity contribution in [2.75, 3.05) is 18.5 Å². The number of aryl methyl sites for hydroxylation is 3. The summed E-state index contributed by atoms with van der Waals surface area (Å²) in [5, 5.41) is 5.64. The number of carbonyl (C=O) groups is 1. The minimum atomic E-state index is -0.221. The van der Waals surface area contributed by atoms with Gasteiger partial charge in [0, 0.05) is 5.69 Å². The van der Waals surface area contributed by atoms with E-state index in [0.29, 0.717) is 13.2 Å². The Bertz CT molecular complexity index is 636. The Hall–Kier alpha value is -2.49. The van der Waals surface area contributed by atoms with Gasteiger partial charge in [-0.3, -0.25) is 0 Å². The summed E-state index contributed by atoms with van der Waals surface area (Å²) in [4.78, 5) is 11.9. The Morgan fingerprint density at radius 1 is 1.00 bits per heavy atom. The molecular formula is C18H22N2O2. The van der Waals surface area contributed by atoms with Crippen LogP contribution in [-0.4, -0.2) is 19.2 Å². The van der Waals surface area contributed by atoms with Crippen molar-refractivity contribution in [3.05, 3.63) is 59.2 Å². The fourth-order valence-corrected chi connectivity index (χ4v) is 2.00. The summed E-state index contributed by atoms with van der Waals surface area (Å²) in [6.45, 7) is 6.88. The molecule has 0 aromatic heterocycles. The molecule has 0 spiro atoms. The van der Waals surface area contributed by atoms with Gasteiger partial charge in [-0.25, -0.2) is 4.79 Å². The second kappa shape index (κ2) is 7.50. The molecule has 0 saturated carbocycles. The quantitative estimate of drug-likeness (QED) is 0.825. The number of carbonyl (C=O) groups excluding carboxylic acids is 1. The zero-order valence-electron chi connectivity index (χ0n) is 13.3. The molecule has 0 aliphatic carbocycles. The molecule has 4 nitrogen and oxygen atoms in total. The SMILES string of the molecule is Cc1ccc(OCCNC(=O)Nc2cc(C)ccc2C)cc1. The monoisotopic (exact) mass is 298 g/mol. The minimum absolute atomic E-state index is 0.221. The summed E-state index contributed by atoms with van der Waals surface area (Å²) in [7, 11) is 0. The first-order valence-corrected chi connectivity index (χ1v) is 7.36. The second-order valence-electron chi connectivity index (χ2n) is 5.36. The first kappa shape index (κ1) is 15.9. The number of nitrogens with one attached hydrogen (secondary N) is 2. The topological polar surface area (TPSA) is 50.4 Å². The highest BCUT2D eigenvalue weighted by Gasteiger charge is 2.04. The highest BCUT2D eigenvalue weighted by Crippen LogP contribution is 2.16. The van der Waals surface area contributed by atoms with Crippen LogP contribution in [0.3, 0.4) is 0 Å². The van der Waals surface area contributed by atoms with E-state index >= 15 is 0 Å². The molecule has 116 valence electrons. The van der Waals surface area contributed by atoms with Gasteiger partial charge in [-0.2, -0.15) is 0 Å². The van der Waals surface area contributed by atoms with E-state index in [0.717, 1.165) is 22.6 Å². The molecule has 4 heteroatoms. The zero-order valence-corrected chi connectivity index (χ0v) is 13.3. The van der Waals surface area contributed by atoms with Gasteiger partial charge in [-0.15, -0.1) is 0 Å². The van der Waals surface area contributed by atoms with E-state index in [1.807, 2.05) is 63.2 Å². The van der Waals surface area contributed by atoms with Gasteiger partial charge in [0.15, 0.2) is 0 Å². The first-order chi connectivity index (χ1) is 10.5. The average molecular weight is 298 g/mol. The van der Waals surface area contributed by atoms with Crippen LogP contribution < -0.4 is 15.4 Å². The molecule has 0 bridgehead atoms. The van der Waals surface area contributed by atoms with Gasteiger partial charge in [0.1, 0.15) is 12.4 Å². The third-order valence-electron chi connectivity index (χ3n) is 3.32. The lowest BCUT2D eigenvalue weighted by Crippen LogP contribution is -2.32. The third kappa shape index (κ3) is 4.81. The smallest absolute Gasteiger partial charge is 0.319 e. The van der Waals surface area contributed by atoms with E-state index in [9.17, 15) is 4.79 Å². The van der Waals surface area contributed by atoms with Gasteiger partial charge in [-0.1, -0.05) is 29.8 Å². The number of hydrogen-bond acceptors (Lipinski definition) is 2. The highest BCUT2D eigenvalue weighted by atomic mass is 16.5. The molecule has 22 heavy (non-hydrogen) atoms. The fraction of sp³-hybridized carbons (Fsp3) is 0.278. The zero-order chi connectivity index (χ0) is 15.9. The van der Waals surface area contributed by atoms with E-state index in [1.54, 1.807) is 0 Å². The number of amides is 2. The number of rotatable bonds is 5. The molecule has 0 fully saturated rings. The van der Waals surface area contributed by atoms with Crippen molar-refractivity contribution in [1.82, 2.24) is 5.32 Å². The largest absolute Gasteiger partial charge is 0.492 e. The number of anilines is 1. The molecule has 2 aromatic rings. The maximum Gasteiger partial charge on any atom is 0.319 e. The summed E-state index contributed by atoms with van der Waals surface area (Å²) < 4.78 is 5.56. The molecule has 0 heterocycles. The Morgan fingerprint density at radius 2 is 1.68 bits per heavy atom. The standard InChI is InChI=1S/C18H22N2O2/c1-13-5-8-16(9-6-13)22-11-10-19-18(21)20-17-12-14(2)4-7-15(17)3/h4-9,12H,10-11H2,1-3H3,(H2,19,20,21). The maximum absolute atomic E-state index is 11.9. The van der Waals surface area contributed by atoms with Crippen LogP contribution in [0.2, 0.25) is 0 Å². The van der Waals surface area contributed by atoms with Crippen molar-refractivity contribution in [2.45, 2.75) is 20.8 Å². The highest BCUT2D eigenvalue weighted by molar-refractivity contribution is 5.90. The van der Waals surface area contributed by atoms with Crippen molar-refractivity contribution in [1.29, 1.82) is 0 Å². The molecule has 0 unspecified atom stereocenters. The van der Waals surface area contributed by atoms with Crippen LogP contribution in [0.15, 0.2) is 42.5 Å². The van der Waals surface area contributed by atoms with E-state index in [4.69, 9.17) is 4.74 Å². The van der Waals surface area contributed by atoms with Crippen molar-refractivity contribution >= 4 is 11.7 Å². The molecule has 2 rings (SSSR count). The molecule has 0 saturated heterocycles. The first-order valence-electron chi connectivity index (χ1n) is 7.36. The fourth-order valence-electron chi connectivity index (χ4n) is 2.00. The van der Waals surface area contributed by atoms with Gasteiger partial charge >= 0.3 is 6.03 Å². The van der Waals surface area contributed by atoms with Gasteiger partial charge in [0.05, 0.1) is 6.54 Å². The van der Waals surface area contributed by atoms with Crippen LogP contribution in [-0.2, 0) is 0 Å². The van der Waals surface area contributed by atoms with Crippen LogP contribution in [0.25, 0.3) is 0 Å². The van der Waals surface area contributed by atoms with Gasteiger partial charge in [0.25, 0.3) is 0 Å². The summed E-state index contributed by atoms with van der Waals surface area (Å²) in [6.07, 6.45) is 0. The Labute approximate surface area is 131 Å². The predicted molar refractivity (Wildman–Crippen MR) is 89.6 cm³/mol. The Morgan fingerprint density at radius 3 is 2.41 bits per heavy atom. The molecule has 2 N–H and O–H groups in total. The van der Waals surface area contributed by atoms with Crippen molar-refractivity contribution in [3.63, 3.8) is 0 Å². The normalized spacial score (nSPS) is 10.1. The lowest BCUT2D eigenvalue weighted by molar-refractivity contribution is 0.247. The predicted octanol–water partition coefficient (Wildman–Crippen LogP) is 3.81. The number of ether oxygens (including phenoxy) is 1. The van der Waals surface area contributed by atoms with Crippen LogP contribution >= 0.6 is 0 Å². The van der Waals surface area contributed by atoms with Crippen molar-refractivity contribution in [3.8, 4) is 5.75 Å². The van der Waals surface area contributed by atoms with E-state index in [-0.39, 0.29) is 6.03 Å². The van der Waals surface area contributed by atoms with Gasteiger partial charge in [0.2, 0.25) is 0 Å². The van der Waals surface area contributed by atoms with Crippen LogP contribution in [0.5, 0.6) is 5.75 Å². The summed E-state index contributed by atoms with van der Waals surface area (Å²) >= 11 is 0. The number of benzene rings is 2. The minimum Gasteiger partial charge on any atom is -0.492 e. The Balaban J connectivity index is 1.74. The lowest BCUT2D eigenvalue weighted by atomic mass is 10.1. The second-order valence-corrected chi connectivity index (χ2v) is 5.36. The van der Waals surface area contributed by atoms with Crippen LogP contribution in [0, 0.1) is 20.8 Å². The van der Waals surface area contributed by atoms with E-state index in [2.05, 4.69) is 10.6 Å². The molecule has 0 aliphatic heterocycles. The number of urea groups is 1. The summed E-state index contributed by atoms with van der Waals surface area (Å²) in [6, 6.07) is 13.6. The van der Waals surface area contributed by atoms with Crippen LogP contribution in [0.4, 0.5) is 10.5 Å². The van der Waals surface area contributed by atoms with Gasteiger partial charge < -0.3 is 15.4 Å². The van der Waals surface area contributed by atoms with E-state index < -0.39 is 0 Å². The average Bonchev–Trinajstić information content (AvgIpc) is 2.49. The van der Waals surface area contributed by atoms with E-state index in [1.165, 1.54) is 5.56 Å². The molecule has 0 atom stereocenters. The summed E-state index contributed by atoms with van der Waals surface area (Å²) in [5.74, 6) is 0.808.